The van der Waals surface area contributed by atoms with Gasteiger partial charge in [0.1, 0.15) is 17.6 Å². The minimum absolute atomic E-state index is 0.0633. The number of benzene rings is 2. The van der Waals surface area contributed by atoms with Gasteiger partial charge >= 0.3 is 5.91 Å². The van der Waals surface area contributed by atoms with Crippen molar-refractivity contribution in [3.05, 3.63) is 82.4 Å². The molecule has 1 saturated heterocycles. The largest absolute Gasteiger partial charge is 0.507 e. The standard InChI is InChI=1S/C23H18N2O4S/c1-13-11-16-12-15(7-8-17(16)29-13)20(26)18-19(14-5-3-2-4-6-14)25(22(28)21(18)27)23-24-9-10-30-23/h2-10,12-13,19,26H,11H2,1H3/b20-18+/t13-,19+/m1/s1. The highest BCUT2D eigenvalue weighted by Gasteiger charge is 2.48. The van der Waals surface area contributed by atoms with Crippen molar-refractivity contribution in [2.24, 2.45) is 0 Å². The lowest BCUT2D eigenvalue weighted by atomic mass is 9.94. The maximum Gasteiger partial charge on any atom is 0.301 e. The van der Waals surface area contributed by atoms with E-state index in [9.17, 15) is 14.7 Å². The van der Waals surface area contributed by atoms with Crippen LogP contribution in [0.2, 0.25) is 0 Å². The predicted molar refractivity (Wildman–Crippen MR) is 114 cm³/mol. The van der Waals surface area contributed by atoms with Gasteiger partial charge in [-0.1, -0.05) is 30.3 Å². The van der Waals surface area contributed by atoms with Gasteiger partial charge in [-0.15, -0.1) is 11.3 Å². The lowest BCUT2D eigenvalue weighted by molar-refractivity contribution is -0.132. The Labute approximate surface area is 177 Å². The van der Waals surface area contributed by atoms with E-state index < -0.39 is 17.7 Å². The fraction of sp³-hybridized carbons (Fsp3) is 0.174. The van der Waals surface area contributed by atoms with E-state index in [0.717, 1.165) is 23.3 Å². The van der Waals surface area contributed by atoms with Crippen LogP contribution >= 0.6 is 11.3 Å². The molecule has 1 fully saturated rings. The first-order valence-electron chi connectivity index (χ1n) is 9.60. The van der Waals surface area contributed by atoms with Crippen molar-refractivity contribution in [1.82, 2.24) is 4.98 Å². The quantitative estimate of drug-likeness (QED) is 0.394. The smallest absolute Gasteiger partial charge is 0.301 e. The number of nitrogens with zero attached hydrogens (tertiary/aromatic N) is 2. The van der Waals surface area contributed by atoms with Crippen molar-refractivity contribution < 1.29 is 19.4 Å². The minimum Gasteiger partial charge on any atom is -0.507 e. The first-order chi connectivity index (χ1) is 14.5. The molecule has 1 aromatic heterocycles. The van der Waals surface area contributed by atoms with Crippen LogP contribution in [0, 0.1) is 0 Å². The first-order valence-corrected chi connectivity index (χ1v) is 10.5. The zero-order chi connectivity index (χ0) is 20.8. The Kier molecular flexibility index (Phi) is 4.40. The van der Waals surface area contributed by atoms with E-state index in [4.69, 9.17) is 4.74 Å². The molecular weight excluding hydrogens is 400 g/mol. The van der Waals surface area contributed by atoms with Crippen molar-refractivity contribution in [1.29, 1.82) is 0 Å². The van der Waals surface area contributed by atoms with Crippen molar-refractivity contribution in [2.75, 3.05) is 4.90 Å². The highest BCUT2D eigenvalue weighted by atomic mass is 32.1. The molecule has 2 atom stereocenters. The summed E-state index contributed by atoms with van der Waals surface area (Å²) >= 11 is 1.27. The molecule has 150 valence electrons. The molecule has 0 bridgehead atoms. The fourth-order valence-corrected chi connectivity index (χ4v) is 4.71. The van der Waals surface area contributed by atoms with Gasteiger partial charge in [0.15, 0.2) is 5.13 Å². The molecule has 0 spiro atoms. The lowest BCUT2D eigenvalue weighted by Gasteiger charge is -2.22. The monoisotopic (exact) mass is 418 g/mol. The molecule has 0 aliphatic carbocycles. The molecule has 0 unspecified atom stereocenters. The number of aliphatic hydroxyl groups excluding tert-OH is 1. The third-order valence-corrected chi connectivity index (χ3v) is 6.13. The van der Waals surface area contributed by atoms with Gasteiger partial charge < -0.3 is 9.84 Å². The van der Waals surface area contributed by atoms with Crippen molar-refractivity contribution >= 4 is 33.9 Å². The van der Waals surface area contributed by atoms with Gasteiger partial charge in [-0.2, -0.15) is 0 Å². The highest BCUT2D eigenvalue weighted by molar-refractivity contribution is 7.14. The second kappa shape index (κ2) is 7.11. The molecule has 1 amide bonds. The third kappa shape index (κ3) is 2.90. The molecular formula is C23H18N2O4S. The summed E-state index contributed by atoms with van der Waals surface area (Å²) in [5, 5.41) is 13.3. The van der Waals surface area contributed by atoms with Crippen LogP contribution in [-0.4, -0.2) is 27.9 Å². The van der Waals surface area contributed by atoms with Gasteiger partial charge in [-0.05, 0) is 36.2 Å². The Morgan fingerprint density at radius 2 is 2.00 bits per heavy atom. The number of fused-ring (bicyclic) bond motifs is 1. The molecule has 1 N–H and O–H groups in total. The van der Waals surface area contributed by atoms with E-state index in [0.29, 0.717) is 10.7 Å². The minimum atomic E-state index is -0.749. The van der Waals surface area contributed by atoms with E-state index in [2.05, 4.69) is 4.98 Å². The second-order valence-corrected chi connectivity index (χ2v) is 8.22. The van der Waals surface area contributed by atoms with Gasteiger partial charge in [0.2, 0.25) is 0 Å². The summed E-state index contributed by atoms with van der Waals surface area (Å²) in [4.78, 5) is 31.6. The molecule has 2 aromatic carbocycles. The number of Topliss-reactive ketones (excluding diaryl/α,β-unsaturated/α-hetero) is 1. The number of aromatic nitrogens is 1. The highest BCUT2D eigenvalue weighted by Crippen LogP contribution is 2.43. The Hall–Kier alpha value is -3.45. The molecule has 7 heteroatoms. The van der Waals surface area contributed by atoms with Gasteiger partial charge in [0.25, 0.3) is 5.78 Å². The molecule has 5 rings (SSSR count). The van der Waals surface area contributed by atoms with Gasteiger partial charge in [0, 0.05) is 23.6 Å². The summed E-state index contributed by atoms with van der Waals surface area (Å²) < 4.78 is 5.73. The SMILES string of the molecule is C[C@@H]1Cc2cc(/C(O)=C3\C(=O)C(=O)N(c4nccs4)[C@H]3c3ccccc3)ccc2O1. The maximum atomic E-state index is 13.0. The number of hydrogen-bond donors (Lipinski definition) is 1. The van der Waals surface area contributed by atoms with E-state index in [1.807, 2.05) is 43.3 Å². The number of carbonyl (C=O) groups excluding carboxylic acids is 2. The maximum absolute atomic E-state index is 13.0. The number of ether oxygens (including phenoxy) is 1. The van der Waals surface area contributed by atoms with Crippen LogP contribution in [0.25, 0.3) is 5.76 Å². The van der Waals surface area contributed by atoms with Crippen LogP contribution in [0.15, 0.2) is 65.7 Å². The van der Waals surface area contributed by atoms with E-state index in [1.54, 1.807) is 23.7 Å². The van der Waals surface area contributed by atoms with Crippen LogP contribution in [0.1, 0.15) is 29.7 Å². The average Bonchev–Trinajstić information content (AvgIpc) is 3.46. The third-order valence-electron chi connectivity index (χ3n) is 5.35. The Balaban J connectivity index is 1.68. The fourth-order valence-electron chi connectivity index (χ4n) is 4.04. The van der Waals surface area contributed by atoms with Crippen LogP contribution in [0.4, 0.5) is 5.13 Å². The van der Waals surface area contributed by atoms with Crippen molar-refractivity contribution in [3.63, 3.8) is 0 Å². The molecule has 3 heterocycles. The van der Waals surface area contributed by atoms with Crippen molar-refractivity contribution in [2.45, 2.75) is 25.5 Å². The van der Waals surface area contributed by atoms with Gasteiger partial charge in [-0.25, -0.2) is 4.98 Å². The number of ketones is 1. The molecule has 2 aliphatic rings. The number of carbonyl (C=O) groups is 2. The summed E-state index contributed by atoms with van der Waals surface area (Å²) in [6, 6.07) is 13.8. The lowest BCUT2D eigenvalue weighted by Crippen LogP contribution is -2.29. The van der Waals surface area contributed by atoms with E-state index >= 15 is 0 Å². The summed E-state index contributed by atoms with van der Waals surface area (Å²) in [6.45, 7) is 1.98. The topological polar surface area (TPSA) is 79.7 Å². The van der Waals surface area contributed by atoms with Crippen molar-refractivity contribution in [3.8, 4) is 5.75 Å². The zero-order valence-electron chi connectivity index (χ0n) is 16.1. The summed E-state index contributed by atoms with van der Waals surface area (Å²) in [7, 11) is 0. The predicted octanol–water partition coefficient (Wildman–Crippen LogP) is 4.09. The summed E-state index contributed by atoms with van der Waals surface area (Å²) in [6.07, 6.45) is 2.38. The van der Waals surface area contributed by atoms with Crippen LogP contribution in [0.5, 0.6) is 5.75 Å². The van der Waals surface area contributed by atoms with Crippen LogP contribution in [0.3, 0.4) is 0 Å². The zero-order valence-corrected chi connectivity index (χ0v) is 16.9. The summed E-state index contributed by atoms with van der Waals surface area (Å²) in [5.41, 5.74) is 2.25. The number of thiazole rings is 1. The van der Waals surface area contributed by atoms with Crippen LogP contribution < -0.4 is 9.64 Å². The van der Waals surface area contributed by atoms with E-state index in [-0.39, 0.29) is 17.4 Å². The molecule has 2 aliphatic heterocycles. The average molecular weight is 418 g/mol. The Morgan fingerprint density at radius 1 is 1.20 bits per heavy atom. The van der Waals surface area contributed by atoms with Gasteiger partial charge in [0.05, 0.1) is 11.6 Å². The first kappa shape index (κ1) is 18.6. The number of anilines is 1. The second-order valence-electron chi connectivity index (χ2n) is 7.35. The van der Waals surface area contributed by atoms with E-state index in [1.165, 1.54) is 16.2 Å². The normalized spacial score (nSPS) is 22.2. The molecule has 0 radical (unpaired) electrons. The number of rotatable bonds is 3. The number of hydrogen-bond acceptors (Lipinski definition) is 6. The van der Waals surface area contributed by atoms with Gasteiger partial charge in [-0.3, -0.25) is 14.5 Å². The Bertz CT molecular complexity index is 1170. The van der Waals surface area contributed by atoms with Crippen LogP contribution in [-0.2, 0) is 16.0 Å². The number of amides is 1. The number of aliphatic hydroxyl groups is 1. The molecule has 6 nitrogen and oxygen atoms in total. The summed E-state index contributed by atoms with van der Waals surface area (Å²) in [5.74, 6) is -0.828. The Morgan fingerprint density at radius 3 is 2.73 bits per heavy atom. The molecule has 30 heavy (non-hydrogen) atoms. The molecule has 3 aromatic rings. The molecule has 0 saturated carbocycles.